The van der Waals surface area contributed by atoms with Crippen molar-refractivity contribution in [1.29, 1.82) is 0 Å². The third kappa shape index (κ3) is 3.93. The molecule has 0 bridgehead atoms. The van der Waals surface area contributed by atoms with Gasteiger partial charge in [0.1, 0.15) is 0 Å². The third-order valence-electron chi connectivity index (χ3n) is 4.41. The van der Waals surface area contributed by atoms with Crippen LogP contribution in [0.4, 0.5) is 0 Å². The number of rotatable bonds is 5. The van der Waals surface area contributed by atoms with Crippen LogP contribution in [0.5, 0.6) is 0 Å². The fraction of sp³-hybridized carbons (Fsp3) is 0.389. The molecule has 2 aromatic rings. The average Bonchev–Trinajstić information content (AvgIpc) is 3.01. The Kier molecular flexibility index (Phi) is 4.98. The summed E-state index contributed by atoms with van der Waals surface area (Å²) in [5.41, 5.74) is 1.58. The van der Waals surface area contributed by atoms with Gasteiger partial charge in [-0.15, -0.1) is 0 Å². The molecule has 0 spiro atoms. The normalized spacial score (nSPS) is 18.0. The molecule has 1 aliphatic rings. The number of hydrogen-bond donors (Lipinski definition) is 1. The molecule has 0 aliphatic carbocycles. The van der Waals surface area contributed by atoms with E-state index >= 15 is 0 Å². The molecule has 0 saturated carbocycles. The van der Waals surface area contributed by atoms with Crippen molar-refractivity contribution in [2.75, 3.05) is 20.1 Å². The molecule has 1 N–H and O–H groups in total. The van der Waals surface area contributed by atoms with Crippen molar-refractivity contribution in [3.05, 3.63) is 48.3 Å². The number of likely N-dealkylation sites (tertiary alicyclic amines) is 1. The van der Waals surface area contributed by atoms with E-state index in [1.165, 1.54) is 19.4 Å². The topological polar surface area (TPSA) is 58.1 Å². The van der Waals surface area contributed by atoms with Crippen molar-refractivity contribution in [3.8, 4) is 11.4 Å². The van der Waals surface area contributed by atoms with Crippen molar-refractivity contribution < 1.29 is 4.79 Å². The van der Waals surface area contributed by atoms with Gasteiger partial charge in [0.05, 0.1) is 0 Å². The molecule has 1 aliphatic heterocycles. The third-order valence-corrected chi connectivity index (χ3v) is 4.41. The van der Waals surface area contributed by atoms with Crippen molar-refractivity contribution in [1.82, 2.24) is 20.2 Å². The van der Waals surface area contributed by atoms with E-state index in [0.717, 1.165) is 18.5 Å². The summed E-state index contributed by atoms with van der Waals surface area (Å²) in [5, 5.41) is 3.01. The highest BCUT2D eigenvalue weighted by atomic mass is 16.1. The van der Waals surface area contributed by atoms with Crippen LogP contribution in [0.25, 0.3) is 11.4 Å². The minimum Gasteiger partial charge on any atom is -0.352 e. The maximum absolute atomic E-state index is 12.2. The van der Waals surface area contributed by atoms with Crippen molar-refractivity contribution in [3.63, 3.8) is 0 Å². The van der Waals surface area contributed by atoms with Gasteiger partial charge in [-0.2, -0.15) is 0 Å². The molecular formula is C18H22N4O. The van der Waals surface area contributed by atoms with Gasteiger partial charge in [0.2, 0.25) is 0 Å². The lowest BCUT2D eigenvalue weighted by molar-refractivity contribution is 0.0950. The van der Waals surface area contributed by atoms with Crippen LogP contribution < -0.4 is 5.32 Å². The van der Waals surface area contributed by atoms with E-state index in [9.17, 15) is 4.79 Å². The smallest absolute Gasteiger partial charge is 0.251 e. The summed E-state index contributed by atoms with van der Waals surface area (Å²) in [6.45, 7) is 1.89. The molecule has 120 valence electrons. The predicted octanol–water partition coefficient (Wildman–Crippen LogP) is 2.36. The number of aromatic nitrogens is 2. The minimum atomic E-state index is -0.0221. The molecule has 1 aromatic heterocycles. The van der Waals surface area contributed by atoms with E-state index in [0.29, 0.717) is 17.4 Å². The minimum absolute atomic E-state index is 0.0221. The Morgan fingerprint density at radius 1 is 1.26 bits per heavy atom. The van der Waals surface area contributed by atoms with Gasteiger partial charge >= 0.3 is 0 Å². The summed E-state index contributed by atoms with van der Waals surface area (Å²) in [5.74, 6) is 0.648. The number of carbonyl (C=O) groups is 1. The average molecular weight is 310 g/mol. The van der Waals surface area contributed by atoms with E-state index in [4.69, 9.17) is 0 Å². The molecule has 1 atom stereocenters. The first kappa shape index (κ1) is 15.6. The van der Waals surface area contributed by atoms with E-state index < -0.39 is 0 Å². The number of benzene rings is 1. The van der Waals surface area contributed by atoms with Gasteiger partial charge in [0.25, 0.3) is 5.91 Å². The zero-order chi connectivity index (χ0) is 16.1. The van der Waals surface area contributed by atoms with Crippen LogP contribution in [0.2, 0.25) is 0 Å². The Bertz CT molecular complexity index is 642. The Hall–Kier alpha value is -2.27. The number of amides is 1. The molecule has 0 unspecified atom stereocenters. The van der Waals surface area contributed by atoms with E-state index in [-0.39, 0.29) is 5.91 Å². The fourth-order valence-electron chi connectivity index (χ4n) is 3.02. The molecule has 1 amide bonds. The predicted molar refractivity (Wildman–Crippen MR) is 90.1 cm³/mol. The number of hydrogen-bond acceptors (Lipinski definition) is 4. The summed E-state index contributed by atoms with van der Waals surface area (Å²) in [7, 11) is 2.16. The second-order valence-electron chi connectivity index (χ2n) is 5.97. The fourth-order valence-corrected chi connectivity index (χ4v) is 3.02. The summed E-state index contributed by atoms with van der Waals surface area (Å²) < 4.78 is 0. The lowest BCUT2D eigenvalue weighted by Crippen LogP contribution is -2.31. The summed E-state index contributed by atoms with van der Waals surface area (Å²) >= 11 is 0. The summed E-state index contributed by atoms with van der Waals surface area (Å²) in [6.07, 6.45) is 6.93. The second kappa shape index (κ2) is 7.33. The highest BCUT2D eigenvalue weighted by Gasteiger charge is 2.20. The van der Waals surface area contributed by atoms with E-state index in [2.05, 4.69) is 27.2 Å². The largest absolute Gasteiger partial charge is 0.352 e. The van der Waals surface area contributed by atoms with Crippen molar-refractivity contribution in [2.45, 2.75) is 25.3 Å². The SMILES string of the molecule is CN1CCC[C@@H]1CCNC(=O)c1ccc(-c2ncccn2)cc1. The van der Waals surface area contributed by atoms with Crippen LogP contribution in [0.15, 0.2) is 42.7 Å². The maximum atomic E-state index is 12.2. The molecule has 1 saturated heterocycles. The Labute approximate surface area is 136 Å². The van der Waals surface area contributed by atoms with E-state index in [1.807, 2.05) is 24.3 Å². The van der Waals surface area contributed by atoms with E-state index in [1.54, 1.807) is 18.5 Å². The van der Waals surface area contributed by atoms with Crippen LogP contribution in [0.1, 0.15) is 29.6 Å². The molecular weight excluding hydrogens is 288 g/mol. The van der Waals surface area contributed by atoms with Crippen molar-refractivity contribution in [2.24, 2.45) is 0 Å². The van der Waals surface area contributed by atoms with Gasteiger partial charge in [-0.1, -0.05) is 12.1 Å². The highest BCUT2D eigenvalue weighted by molar-refractivity contribution is 5.94. The Morgan fingerprint density at radius 3 is 2.65 bits per heavy atom. The maximum Gasteiger partial charge on any atom is 0.251 e. The van der Waals surface area contributed by atoms with Gasteiger partial charge in [-0.05, 0) is 51.1 Å². The Balaban J connectivity index is 1.53. The van der Waals surface area contributed by atoms with Gasteiger partial charge in [0, 0.05) is 36.1 Å². The lowest BCUT2D eigenvalue weighted by atomic mass is 10.1. The molecule has 2 heterocycles. The quantitative estimate of drug-likeness (QED) is 0.921. The van der Waals surface area contributed by atoms with Crippen molar-refractivity contribution >= 4 is 5.91 Å². The molecule has 1 fully saturated rings. The van der Waals surface area contributed by atoms with Gasteiger partial charge in [0.15, 0.2) is 5.82 Å². The molecule has 0 radical (unpaired) electrons. The number of carbonyl (C=O) groups excluding carboxylic acids is 1. The molecule has 5 heteroatoms. The van der Waals surface area contributed by atoms with Crippen LogP contribution in [-0.2, 0) is 0 Å². The lowest BCUT2D eigenvalue weighted by Gasteiger charge is -2.19. The number of nitrogens with zero attached hydrogens (tertiary/aromatic N) is 3. The summed E-state index contributed by atoms with van der Waals surface area (Å²) in [4.78, 5) is 23.0. The van der Waals surface area contributed by atoms with Gasteiger partial charge < -0.3 is 10.2 Å². The molecule has 5 nitrogen and oxygen atoms in total. The van der Waals surface area contributed by atoms with Crippen LogP contribution in [-0.4, -0.2) is 47.0 Å². The van der Waals surface area contributed by atoms with Crippen LogP contribution in [0.3, 0.4) is 0 Å². The molecule has 23 heavy (non-hydrogen) atoms. The highest BCUT2D eigenvalue weighted by Crippen LogP contribution is 2.17. The van der Waals surface area contributed by atoms with Gasteiger partial charge in [-0.3, -0.25) is 4.79 Å². The standard InChI is InChI=1S/C18H22N4O/c1-22-13-2-4-16(22)9-12-21-18(23)15-7-5-14(6-8-15)17-19-10-3-11-20-17/h3,5-8,10-11,16H,2,4,9,12-13H2,1H3,(H,21,23)/t16-/m1/s1. The van der Waals surface area contributed by atoms with Crippen LogP contribution >= 0.6 is 0 Å². The summed E-state index contributed by atoms with van der Waals surface area (Å²) in [6, 6.07) is 9.80. The Morgan fingerprint density at radius 2 is 2.00 bits per heavy atom. The number of nitrogens with one attached hydrogen (secondary N) is 1. The first-order chi connectivity index (χ1) is 11.2. The first-order valence-corrected chi connectivity index (χ1v) is 8.10. The van der Waals surface area contributed by atoms with Crippen LogP contribution in [0, 0.1) is 0 Å². The first-order valence-electron chi connectivity index (χ1n) is 8.10. The molecule has 1 aromatic carbocycles. The zero-order valence-electron chi connectivity index (χ0n) is 13.4. The monoisotopic (exact) mass is 310 g/mol. The van der Waals surface area contributed by atoms with Gasteiger partial charge in [-0.25, -0.2) is 9.97 Å². The molecule has 3 rings (SSSR count). The second-order valence-corrected chi connectivity index (χ2v) is 5.97. The zero-order valence-corrected chi connectivity index (χ0v) is 13.4.